The summed E-state index contributed by atoms with van der Waals surface area (Å²) in [7, 11) is 0. The molecule has 2 rings (SSSR count). The van der Waals surface area contributed by atoms with Crippen LogP contribution in [0.15, 0.2) is 24.3 Å². The zero-order valence-corrected chi connectivity index (χ0v) is 10.3. The lowest BCUT2D eigenvalue weighted by Crippen LogP contribution is -2.33. The molecule has 0 radical (unpaired) electrons. The molecule has 0 aliphatic heterocycles. The first-order chi connectivity index (χ1) is 7.66. The van der Waals surface area contributed by atoms with Crippen LogP contribution in [0.3, 0.4) is 0 Å². The summed E-state index contributed by atoms with van der Waals surface area (Å²) in [5, 5.41) is 0.746. The van der Waals surface area contributed by atoms with E-state index in [0.717, 1.165) is 23.4 Å². The fourth-order valence-electron chi connectivity index (χ4n) is 1.87. The predicted octanol–water partition coefficient (Wildman–Crippen LogP) is 3.30. The van der Waals surface area contributed by atoms with E-state index < -0.39 is 0 Å². The monoisotopic (exact) mass is 239 g/mol. The third kappa shape index (κ3) is 2.76. The van der Waals surface area contributed by atoms with Gasteiger partial charge in [0, 0.05) is 11.1 Å². The Balaban J connectivity index is 2.08. The van der Waals surface area contributed by atoms with E-state index in [9.17, 15) is 0 Å². The van der Waals surface area contributed by atoms with Gasteiger partial charge in [0.15, 0.2) is 0 Å². The Bertz CT molecular complexity index is 332. The number of hydrogen-bond donors (Lipinski definition) is 1. The molecule has 3 heteroatoms. The van der Waals surface area contributed by atoms with Crippen molar-refractivity contribution in [1.29, 1.82) is 0 Å². The Hall–Kier alpha value is -0.570. The second-order valence-corrected chi connectivity index (χ2v) is 4.96. The molecule has 1 aliphatic carbocycles. The lowest BCUT2D eigenvalue weighted by molar-refractivity contribution is -0.0611. The molecule has 0 aromatic heterocycles. The highest BCUT2D eigenvalue weighted by Crippen LogP contribution is 2.30. The molecule has 2 unspecified atom stereocenters. The molecule has 0 bridgehead atoms. The first-order valence-electron chi connectivity index (χ1n) is 5.83. The summed E-state index contributed by atoms with van der Waals surface area (Å²) in [5.74, 6) is 0. The highest BCUT2D eigenvalue weighted by atomic mass is 35.5. The fourth-order valence-corrected chi connectivity index (χ4v) is 2.00. The summed E-state index contributed by atoms with van der Waals surface area (Å²) in [6.45, 7) is 1.98. The average molecular weight is 240 g/mol. The van der Waals surface area contributed by atoms with Gasteiger partial charge in [-0.2, -0.15) is 0 Å². The SMILES string of the molecule is CC(N)C(OC1CCC1)c1ccc(Cl)cc1. The Morgan fingerprint density at radius 2 is 1.94 bits per heavy atom. The fraction of sp³-hybridized carbons (Fsp3) is 0.538. The van der Waals surface area contributed by atoms with Gasteiger partial charge in [-0.3, -0.25) is 0 Å². The van der Waals surface area contributed by atoms with E-state index in [4.69, 9.17) is 22.1 Å². The van der Waals surface area contributed by atoms with Crippen LogP contribution in [-0.4, -0.2) is 12.1 Å². The van der Waals surface area contributed by atoms with Crippen molar-refractivity contribution < 1.29 is 4.74 Å². The number of ether oxygens (including phenoxy) is 1. The molecule has 1 saturated carbocycles. The van der Waals surface area contributed by atoms with Crippen LogP contribution in [0.25, 0.3) is 0 Å². The molecule has 1 aliphatic rings. The smallest absolute Gasteiger partial charge is 0.0976 e. The van der Waals surface area contributed by atoms with E-state index in [2.05, 4.69) is 0 Å². The lowest BCUT2D eigenvalue weighted by atomic mass is 9.95. The Morgan fingerprint density at radius 3 is 2.38 bits per heavy atom. The van der Waals surface area contributed by atoms with Crippen molar-refractivity contribution in [3.8, 4) is 0 Å². The first-order valence-corrected chi connectivity index (χ1v) is 6.21. The van der Waals surface area contributed by atoms with Gasteiger partial charge in [0.25, 0.3) is 0 Å². The summed E-state index contributed by atoms with van der Waals surface area (Å²) in [5.41, 5.74) is 7.09. The van der Waals surface area contributed by atoms with E-state index in [-0.39, 0.29) is 12.1 Å². The van der Waals surface area contributed by atoms with E-state index in [1.54, 1.807) is 0 Å². The van der Waals surface area contributed by atoms with Gasteiger partial charge in [-0.05, 0) is 43.9 Å². The van der Waals surface area contributed by atoms with Crippen LogP contribution in [0.1, 0.15) is 37.9 Å². The molecule has 1 fully saturated rings. The molecule has 0 spiro atoms. The van der Waals surface area contributed by atoms with E-state index in [0.29, 0.717) is 6.10 Å². The Morgan fingerprint density at radius 1 is 1.31 bits per heavy atom. The summed E-state index contributed by atoms with van der Waals surface area (Å²) in [6.07, 6.45) is 3.99. The van der Waals surface area contributed by atoms with Crippen LogP contribution >= 0.6 is 11.6 Å². The van der Waals surface area contributed by atoms with Crippen molar-refractivity contribution in [2.45, 2.75) is 44.4 Å². The standard InChI is InChI=1S/C13H18ClNO/c1-9(15)13(16-12-3-2-4-12)10-5-7-11(14)8-6-10/h5-9,12-13H,2-4,15H2,1H3. The zero-order chi connectivity index (χ0) is 11.5. The van der Waals surface area contributed by atoms with Gasteiger partial charge in [-0.1, -0.05) is 23.7 Å². The van der Waals surface area contributed by atoms with E-state index in [1.807, 2.05) is 31.2 Å². The molecule has 0 saturated heterocycles. The minimum atomic E-state index is -0.0115. The predicted molar refractivity (Wildman–Crippen MR) is 66.6 cm³/mol. The number of rotatable bonds is 4. The molecule has 2 atom stereocenters. The Kier molecular flexibility index (Phi) is 3.85. The maximum Gasteiger partial charge on any atom is 0.0976 e. The van der Waals surface area contributed by atoms with Crippen molar-refractivity contribution >= 4 is 11.6 Å². The zero-order valence-electron chi connectivity index (χ0n) is 9.53. The summed E-state index contributed by atoms with van der Waals surface area (Å²) in [4.78, 5) is 0. The molecule has 1 aromatic carbocycles. The van der Waals surface area contributed by atoms with Gasteiger partial charge in [0.1, 0.15) is 0 Å². The number of nitrogens with two attached hydrogens (primary N) is 1. The van der Waals surface area contributed by atoms with Crippen molar-refractivity contribution in [1.82, 2.24) is 0 Å². The summed E-state index contributed by atoms with van der Waals surface area (Å²) in [6, 6.07) is 7.76. The van der Waals surface area contributed by atoms with Gasteiger partial charge in [-0.25, -0.2) is 0 Å². The number of hydrogen-bond acceptors (Lipinski definition) is 2. The molecular weight excluding hydrogens is 222 g/mol. The van der Waals surface area contributed by atoms with Crippen molar-refractivity contribution in [3.05, 3.63) is 34.9 Å². The molecular formula is C13H18ClNO. The van der Waals surface area contributed by atoms with E-state index >= 15 is 0 Å². The van der Waals surface area contributed by atoms with Gasteiger partial charge < -0.3 is 10.5 Å². The van der Waals surface area contributed by atoms with E-state index in [1.165, 1.54) is 6.42 Å². The normalized spacial score (nSPS) is 20.2. The third-order valence-corrected chi connectivity index (χ3v) is 3.32. The summed E-state index contributed by atoms with van der Waals surface area (Å²) < 4.78 is 6.01. The highest BCUT2D eigenvalue weighted by Gasteiger charge is 2.25. The van der Waals surface area contributed by atoms with Crippen LogP contribution in [0.2, 0.25) is 5.02 Å². The minimum Gasteiger partial charge on any atom is -0.369 e. The maximum absolute atomic E-state index is 6.01. The lowest BCUT2D eigenvalue weighted by Gasteiger charge is -2.32. The van der Waals surface area contributed by atoms with Crippen molar-refractivity contribution in [2.24, 2.45) is 5.73 Å². The molecule has 16 heavy (non-hydrogen) atoms. The maximum atomic E-state index is 6.01. The number of benzene rings is 1. The largest absolute Gasteiger partial charge is 0.369 e. The van der Waals surface area contributed by atoms with Crippen molar-refractivity contribution in [3.63, 3.8) is 0 Å². The van der Waals surface area contributed by atoms with Crippen LogP contribution in [-0.2, 0) is 4.74 Å². The van der Waals surface area contributed by atoms with Crippen LogP contribution in [0.5, 0.6) is 0 Å². The Labute approximate surface area is 102 Å². The van der Waals surface area contributed by atoms with Crippen LogP contribution in [0.4, 0.5) is 0 Å². The second-order valence-electron chi connectivity index (χ2n) is 4.52. The minimum absolute atomic E-state index is 0.00164. The quantitative estimate of drug-likeness (QED) is 0.875. The van der Waals surface area contributed by atoms with Gasteiger partial charge in [0.05, 0.1) is 12.2 Å². The highest BCUT2D eigenvalue weighted by molar-refractivity contribution is 6.30. The molecule has 2 nitrogen and oxygen atoms in total. The topological polar surface area (TPSA) is 35.2 Å². The molecule has 2 N–H and O–H groups in total. The third-order valence-electron chi connectivity index (χ3n) is 3.07. The van der Waals surface area contributed by atoms with Crippen molar-refractivity contribution in [2.75, 3.05) is 0 Å². The molecule has 88 valence electrons. The van der Waals surface area contributed by atoms with Gasteiger partial charge in [-0.15, -0.1) is 0 Å². The summed E-state index contributed by atoms with van der Waals surface area (Å²) >= 11 is 5.87. The van der Waals surface area contributed by atoms with Gasteiger partial charge in [0.2, 0.25) is 0 Å². The number of halogens is 1. The average Bonchev–Trinajstić information content (AvgIpc) is 2.18. The molecule has 1 aromatic rings. The van der Waals surface area contributed by atoms with Crippen LogP contribution in [0, 0.1) is 0 Å². The van der Waals surface area contributed by atoms with Gasteiger partial charge >= 0.3 is 0 Å². The molecule has 0 heterocycles. The molecule has 0 amide bonds. The van der Waals surface area contributed by atoms with Crippen LogP contribution < -0.4 is 5.73 Å². The first kappa shape index (κ1) is 11.9. The second kappa shape index (κ2) is 5.17.